The second kappa shape index (κ2) is 11.2. The number of nitriles is 1. The van der Waals surface area contributed by atoms with Gasteiger partial charge < -0.3 is 9.47 Å². The molecule has 3 atom stereocenters. The minimum Gasteiger partial charge on any atom is -0.496 e. The molecule has 0 aromatic heterocycles. The molecule has 226 valence electrons. The number of cyclic esters (lactones) is 1. The first-order chi connectivity index (χ1) is 19.4. The van der Waals surface area contributed by atoms with E-state index in [0.717, 1.165) is 28.7 Å². The summed E-state index contributed by atoms with van der Waals surface area (Å²) in [6.45, 7) is 7.58. The van der Waals surface area contributed by atoms with Crippen LogP contribution in [0, 0.1) is 16.7 Å². The van der Waals surface area contributed by atoms with E-state index in [1.165, 1.54) is 12.0 Å². The topological polar surface area (TPSA) is 62.6 Å². The highest BCUT2D eigenvalue weighted by atomic mass is 19.4. The molecule has 5 nitrogen and oxygen atoms in total. The second-order valence-electron chi connectivity index (χ2n) is 11.7. The lowest BCUT2D eigenvalue weighted by Crippen LogP contribution is -2.35. The number of rotatable bonds is 6. The summed E-state index contributed by atoms with van der Waals surface area (Å²) >= 11 is 0. The number of allylic oxidation sites excluding steroid dienone is 1. The summed E-state index contributed by atoms with van der Waals surface area (Å²) in [4.78, 5) is 14.4. The van der Waals surface area contributed by atoms with Gasteiger partial charge >= 0.3 is 18.4 Å². The van der Waals surface area contributed by atoms with Gasteiger partial charge in [-0.15, -0.1) is 0 Å². The van der Waals surface area contributed by atoms with Crippen molar-refractivity contribution in [3.63, 3.8) is 0 Å². The maximum Gasteiger partial charge on any atom is 0.416 e. The zero-order valence-electron chi connectivity index (χ0n) is 23.9. The predicted octanol–water partition coefficient (Wildman–Crippen LogP) is 8.91. The third-order valence-corrected chi connectivity index (χ3v) is 8.10. The summed E-state index contributed by atoms with van der Waals surface area (Å²) in [6, 6.07) is 8.14. The Bertz CT molecular complexity index is 1410. The Labute approximate surface area is 240 Å². The van der Waals surface area contributed by atoms with Gasteiger partial charge in [0.15, 0.2) is 0 Å². The number of methoxy groups -OCH3 is 1. The molecule has 4 rings (SSSR count). The molecule has 1 aliphatic heterocycles. The highest BCUT2D eigenvalue weighted by Crippen LogP contribution is 2.47. The van der Waals surface area contributed by atoms with Crippen molar-refractivity contribution in [1.29, 1.82) is 5.26 Å². The van der Waals surface area contributed by atoms with Crippen molar-refractivity contribution in [3.05, 3.63) is 69.8 Å². The molecule has 1 amide bonds. The minimum atomic E-state index is -5.02. The number of hydrogen-bond donors (Lipinski definition) is 0. The van der Waals surface area contributed by atoms with Crippen LogP contribution in [0.2, 0.25) is 0 Å². The van der Waals surface area contributed by atoms with Crippen molar-refractivity contribution in [1.82, 2.24) is 4.90 Å². The maximum absolute atomic E-state index is 13.5. The van der Waals surface area contributed by atoms with Gasteiger partial charge in [0.1, 0.15) is 11.9 Å². The predicted molar refractivity (Wildman–Crippen MR) is 143 cm³/mol. The Morgan fingerprint density at radius 1 is 1.10 bits per heavy atom. The van der Waals surface area contributed by atoms with Crippen LogP contribution in [0.3, 0.4) is 0 Å². The quantitative estimate of drug-likeness (QED) is 0.314. The minimum absolute atomic E-state index is 0.0541. The first kappa shape index (κ1) is 31.3. The zero-order valence-corrected chi connectivity index (χ0v) is 23.9. The van der Waals surface area contributed by atoms with Gasteiger partial charge in [-0.1, -0.05) is 19.9 Å². The van der Waals surface area contributed by atoms with E-state index in [-0.39, 0.29) is 29.5 Å². The van der Waals surface area contributed by atoms with E-state index in [9.17, 15) is 36.4 Å². The molecule has 1 aliphatic carbocycles. The van der Waals surface area contributed by atoms with Crippen molar-refractivity contribution >= 4 is 11.7 Å². The van der Waals surface area contributed by atoms with E-state index in [1.54, 1.807) is 19.9 Å². The molecule has 0 saturated carbocycles. The summed E-state index contributed by atoms with van der Waals surface area (Å²) < 4.78 is 92.1. The van der Waals surface area contributed by atoms with Crippen LogP contribution >= 0.6 is 0 Å². The Morgan fingerprint density at radius 3 is 2.26 bits per heavy atom. The van der Waals surface area contributed by atoms with Crippen LogP contribution < -0.4 is 4.74 Å². The normalized spacial score (nSPS) is 21.7. The molecule has 1 unspecified atom stereocenters. The fourth-order valence-electron chi connectivity index (χ4n) is 5.70. The Kier molecular flexibility index (Phi) is 8.33. The molecule has 42 heavy (non-hydrogen) atoms. The number of ether oxygens (including phenoxy) is 2. The van der Waals surface area contributed by atoms with Crippen LogP contribution in [0.15, 0.2) is 42.0 Å². The number of halogens is 6. The van der Waals surface area contributed by atoms with Crippen molar-refractivity contribution in [2.24, 2.45) is 5.41 Å². The number of nitrogens with zero attached hydrogens (tertiary/aromatic N) is 2. The van der Waals surface area contributed by atoms with Gasteiger partial charge in [-0.2, -0.15) is 31.6 Å². The molecule has 2 aliphatic rings. The summed E-state index contributed by atoms with van der Waals surface area (Å²) in [6.07, 6.45) is -10.1. The summed E-state index contributed by atoms with van der Waals surface area (Å²) in [5.41, 5.74) is -0.0397. The van der Waals surface area contributed by atoms with Crippen LogP contribution in [0.4, 0.5) is 31.1 Å². The Hall–Kier alpha value is -3.68. The second-order valence-corrected chi connectivity index (χ2v) is 11.7. The number of hydrogen-bond acceptors (Lipinski definition) is 4. The third-order valence-electron chi connectivity index (χ3n) is 8.10. The lowest BCUT2D eigenvalue weighted by atomic mass is 9.72. The van der Waals surface area contributed by atoms with Gasteiger partial charge in [0.2, 0.25) is 0 Å². The number of benzene rings is 2. The standard InChI is InChI=1S/C31H32F6N2O3/c1-17(15-38)19-6-7-26(41-5)25(12-19)24-8-9-29(3,4)14-21(24)16-39-18(2)27(42-28(39)40)20-10-22(30(32,33)34)13-23(11-20)31(35,36)37/h6-7,10-13,17-18,27H,8-9,14,16H2,1-5H3/t17?,18-,27-/m0/s1. The molecule has 1 fully saturated rings. The van der Waals surface area contributed by atoms with Crippen LogP contribution in [0.5, 0.6) is 5.75 Å². The Morgan fingerprint density at radius 2 is 1.71 bits per heavy atom. The highest BCUT2D eigenvalue weighted by molar-refractivity contribution is 5.77. The SMILES string of the molecule is COc1ccc(C(C)C#N)cc1C1=C(CN2C(=O)O[C@H](c3cc(C(F)(F)F)cc(C(F)(F)F)c3)[C@@H]2C)CC(C)(C)CC1. The number of alkyl halides is 6. The van der Waals surface area contributed by atoms with Gasteiger partial charge in [-0.3, -0.25) is 4.90 Å². The number of carbonyl (C=O) groups excluding carboxylic acids is 1. The average Bonchev–Trinajstić information content (AvgIpc) is 3.19. The van der Waals surface area contributed by atoms with E-state index in [4.69, 9.17) is 9.47 Å². The van der Waals surface area contributed by atoms with Gasteiger partial charge in [-0.05, 0) is 91.1 Å². The van der Waals surface area contributed by atoms with Gasteiger partial charge in [0.25, 0.3) is 0 Å². The molecule has 0 N–H and O–H groups in total. The number of amides is 1. The molecule has 0 spiro atoms. The largest absolute Gasteiger partial charge is 0.496 e. The van der Waals surface area contributed by atoms with Gasteiger partial charge in [0, 0.05) is 12.1 Å². The molecule has 2 aromatic rings. The average molecular weight is 595 g/mol. The molecule has 11 heteroatoms. The molecule has 2 aromatic carbocycles. The van der Waals surface area contributed by atoms with E-state index in [0.29, 0.717) is 30.7 Å². The van der Waals surface area contributed by atoms with Crippen LogP contribution in [0.1, 0.15) is 86.8 Å². The highest BCUT2D eigenvalue weighted by Gasteiger charge is 2.44. The van der Waals surface area contributed by atoms with E-state index in [2.05, 4.69) is 19.9 Å². The first-order valence-corrected chi connectivity index (χ1v) is 13.5. The van der Waals surface area contributed by atoms with Gasteiger partial charge in [0.05, 0.1) is 36.3 Å². The molecule has 0 radical (unpaired) electrons. The summed E-state index contributed by atoms with van der Waals surface area (Å²) in [5, 5.41) is 9.45. The zero-order chi connectivity index (χ0) is 31.2. The molecule has 1 saturated heterocycles. The van der Waals surface area contributed by atoms with Gasteiger partial charge in [-0.25, -0.2) is 4.79 Å². The Balaban J connectivity index is 1.75. The number of carbonyl (C=O) groups is 1. The van der Waals surface area contributed by atoms with Crippen molar-refractivity contribution < 1.29 is 40.6 Å². The van der Waals surface area contributed by atoms with Crippen molar-refractivity contribution in [2.75, 3.05) is 13.7 Å². The lowest BCUT2D eigenvalue weighted by Gasteiger charge is -2.36. The maximum atomic E-state index is 13.5. The van der Waals surface area contributed by atoms with Crippen molar-refractivity contribution in [2.45, 2.75) is 77.4 Å². The molecule has 1 heterocycles. The smallest absolute Gasteiger partial charge is 0.416 e. The fraction of sp³-hybridized carbons (Fsp3) is 0.484. The third kappa shape index (κ3) is 6.37. The fourth-order valence-corrected chi connectivity index (χ4v) is 5.70. The van der Waals surface area contributed by atoms with E-state index < -0.39 is 41.7 Å². The molecular formula is C31H32F6N2O3. The monoisotopic (exact) mass is 594 g/mol. The van der Waals surface area contributed by atoms with Crippen molar-refractivity contribution in [3.8, 4) is 11.8 Å². The van der Waals surface area contributed by atoms with E-state index >= 15 is 0 Å². The van der Waals surface area contributed by atoms with Crippen LogP contribution in [0.25, 0.3) is 5.57 Å². The lowest BCUT2D eigenvalue weighted by molar-refractivity contribution is -0.143. The molecular weight excluding hydrogens is 562 g/mol. The van der Waals surface area contributed by atoms with Crippen LogP contribution in [-0.4, -0.2) is 30.7 Å². The van der Waals surface area contributed by atoms with Crippen LogP contribution in [-0.2, 0) is 17.1 Å². The van der Waals surface area contributed by atoms with E-state index in [1.807, 2.05) is 12.1 Å². The summed E-state index contributed by atoms with van der Waals surface area (Å²) in [7, 11) is 1.54. The first-order valence-electron chi connectivity index (χ1n) is 13.5. The summed E-state index contributed by atoms with van der Waals surface area (Å²) in [5.74, 6) is 0.219. The molecule has 0 bridgehead atoms.